The van der Waals surface area contributed by atoms with E-state index < -0.39 is 0 Å². The molecule has 0 saturated carbocycles. The Kier molecular flexibility index (Phi) is 6.17. The van der Waals surface area contributed by atoms with E-state index in [1.807, 2.05) is 30.3 Å². The number of hydrogen-bond acceptors (Lipinski definition) is 7. The average Bonchev–Trinajstić information content (AvgIpc) is 3.25. The van der Waals surface area contributed by atoms with E-state index in [1.165, 1.54) is 23.5 Å². The maximum Gasteiger partial charge on any atom is 0.161 e. The first kappa shape index (κ1) is 21.1. The number of anilines is 2. The first-order valence-electron chi connectivity index (χ1n) is 10.5. The second-order valence-corrected chi connectivity index (χ2v) is 7.55. The highest BCUT2D eigenvalue weighted by molar-refractivity contribution is 6.08. The number of nitrogens with one attached hydrogen (secondary N) is 3. The smallest absolute Gasteiger partial charge is 0.161 e. The topological polar surface area (TPSA) is 103 Å². The van der Waals surface area contributed by atoms with Gasteiger partial charge in [-0.05, 0) is 47.9 Å². The minimum atomic E-state index is 0.671. The van der Waals surface area contributed by atoms with Gasteiger partial charge in [-0.15, -0.1) is 0 Å². The monoisotopic (exact) mass is 425 g/mol. The van der Waals surface area contributed by atoms with Crippen LogP contribution in [0, 0.1) is 5.41 Å². The molecule has 7 heteroatoms. The van der Waals surface area contributed by atoms with Crippen molar-refractivity contribution in [3.05, 3.63) is 90.0 Å². The van der Waals surface area contributed by atoms with Crippen molar-refractivity contribution in [2.75, 3.05) is 11.9 Å². The van der Waals surface area contributed by atoms with Crippen LogP contribution in [0.15, 0.2) is 73.3 Å². The molecule has 3 aromatic rings. The van der Waals surface area contributed by atoms with Crippen LogP contribution in [0.3, 0.4) is 0 Å². The summed E-state index contributed by atoms with van der Waals surface area (Å²) >= 11 is 0. The number of rotatable bonds is 8. The van der Waals surface area contributed by atoms with Gasteiger partial charge in [-0.3, -0.25) is 0 Å². The summed E-state index contributed by atoms with van der Waals surface area (Å²) in [6.45, 7) is 8.75. The van der Waals surface area contributed by atoms with Gasteiger partial charge in [0.15, 0.2) is 5.82 Å². The Hall–Kier alpha value is -4.13. The van der Waals surface area contributed by atoms with Gasteiger partial charge in [0.2, 0.25) is 0 Å². The molecule has 4 rings (SSSR count). The van der Waals surface area contributed by atoms with Gasteiger partial charge < -0.3 is 26.7 Å². The van der Waals surface area contributed by atoms with Crippen molar-refractivity contribution < 1.29 is 0 Å². The van der Waals surface area contributed by atoms with E-state index in [0.29, 0.717) is 17.2 Å². The molecule has 1 aromatic heterocycles. The van der Waals surface area contributed by atoms with Gasteiger partial charge >= 0.3 is 0 Å². The largest absolute Gasteiger partial charge is 0.404 e. The molecule has 0 unspecified atom stereocenters. The van der Waals surface area contributed by atoms with E-state index in [0.717, 1.165) is 42.3 Å². The lowest BCUT2D eigenvalue weighted by atomic mass is 10.1. The van der Waals surface area contributed by atoms with Crippen LogP contribution in [0.1, 0.15) is 23.6 Å². The zero-order valence-corrected chi connectivity index (χ0v) is 18.1. The fourth-order valence-electron chi connectivity index (χ4n) is 3.73. The number of nitrogens with zero attached hydrogens (tertiary/aromatic N) is 3. The van der Waals surface area contributed by atoms with E-state index in [-0.39, 0.29) is 0 Å². The predicted octanol–water partition coefficient (Wildman–Crippen LogP) is 4.23. The lowest BCUT2D eigenvalue weighted by molar-refractivity contribution is 0.337. The van der Waals surface area contributed by atoms with Crippen LogP contribution >= 0.6 is 0 Å². The SMILES string of the molecule is C=C(NCC)N1Cc2ccc(-c3nccc(Nc4ccc(/C(C=N)=C/N)cc4)n3)cc2C1. The first-order chi connectivity index (χ1) is 15.6. The third-order valence-electron chi connectivity index (χ3n) is 5.43. The number of fused-ring (bicyclic) bond motifs is 1. The molecule has 32 heavy (non-hydrogen) atoms. The van der Waals surface area contributed by atoms with Crippen molar-refractivity contribution in [3.63, 3.8) is 0 Å². The van der Waals surface area contributed by atoms with Crippen molar-refractivity contribution in [1.82, 2.24) is 20.2 Å². The fraction of sp³-hybridized carbons (Fsp3) is 0.160. The molecule has 2 heterocycles. The molecule has 0 radical (unpaired) electrons. The van der Waals surface area contributed by atoms with Crippen molar-refractivity contribution in [2.24, 2.45) is 5.73 Å². The summed E-state index contributed by atoms with van der Waals surface area (Å²) in [7, 11) is 0. The van der Waals surface area contributed by atoms with E-state index >= 15 is 0 Å². The van der Waals surface area contributed by atoms with Gasteiger partial charge in [-0.1, -0.05) is 30.8 Å². The highest BCUT2D eigenvalue weighted by atomic mass is 15.2. The van der Waals surface area contributed by atoms with Gasteiger partial charge in [0.25, 0.3) is 0 Å². The van der Waals surface area contributed by atoms with Crippen LogP contribution < -0.4 is 16.4 Å². The normalized spacial score (nSPS) is 12.9. The standard InChI is InChI=1S/C25H27N7/c1-3-28-17(2)32-15-20-5-4-19(12-21(20)16-32)25-29-11-10-24(31-25)30-23-8-6-18(7-9-23)22(13-26)14-27/h4-14,26,28H,2-3,15-16,27H2,1H3,(H,29,30,31)/b22-14+,26-13?. The maximum absolute atomic E-state index is 7.42. The second kappa shape index (κ2) is 9.34. The van der Waals surface area contributed by atoms with Crippen LogP contribution in [0.2, 0.25) is 0 Å². The van der Waals surface area contributed by atoms with E-state index in [9.17, 15) is 0 Å². The second-order valence-electron chi connectivity index (χ2n) is 7.55. The van der Waals surface area contributed by atoms with Crippen LogP contribution in [-0.4, -0.2) is 27.6 Å². The molecule has 0 spiro atoms. The van der Waals surface area contributed by atoms with Crippen LogP contribution in [-0.2, 0) is 13.1 Å². The molecule has 0 atom stereocenters. The molecule has 2 aromatic carbocycles. The van der Waals surface area contributed by atoms with Crippen molar-refractivity contribution in [3.8, 4) is 11.4 Å². The Bertz CT molecular complexity index is 1170. The molecule has 5 N–H and O–H groups in total. The van der Waals surface area contributed by atoms with Crippen molar-refractivity contribution in [2.45, 2.75) is 20.0 Å². The highest BCUT2D eigenvalue weighted by Gasteiger charge is 2.20. The minimum Gasteiger partial charge on any atom is -0.404 e. The van der Waals surface area contributed by atoms with Crippen LogP contribution in [0.5, 0.6) is 0 Å². The lowest BCUT2D eigenvalue weighted by Gasteiger charge is -2.20. The van der Waals surface area contributed by atoms with Gasteiger partial charge in [0, 0.05) is 55.1 Å². The summed E-state index contributed by atoms with van der Waals surface area (Å²) in [4.78, 5) is 11.4. The minimum absolute atomic E-state index is 0.671. The van der Waals surface area contributed by atoms with Gasteiger partial charge in [0.1, 0.15) is 5.82 Å². The summed E-state index contributed by atoms with van der Waals surface area (Å²) in [5.74, 6) is 2.34. The molecular weight excluding hydrogens is 398 g/mol. The lowest BCUT2D eigenvalue weighted by Crippen LogP contribution is -2.26. The van der Waals surface area contributed by atoms with Gasteiger partial charge in [0.05, 0.1) is 5.82 Å². The van der Waals surface area contributed by atoms with Gasteiger partial charge in [-0.2, -0.15) is 0 Å². The zero-order chi connectivity index (χ0) is 22.5. The summed E-state index contributed by atoms with van der Waals surface area (Å²) in [5, 5.41) is 14.0. The first-order valence-corrected chi connectivity index (χ1v) is 10.5. The summed E-state index contributed by atoms with van der Waals surface area (Å²) in [5.41, 5.74) is 11.6. The van der Waals surface area contributed by atoms with Crippen molar-refractivity contribution >= 4 is 23.3 Å². The molecule has 0 aliphatic carbocycles. The Morgan fingerprint density at radius 1 is 1.16 bits per heavy atom. The number of nitrogens with two attached hydrogens (primary N) is 1. The summed E-state index contributed by atoms with van der Waals surface area (Å²) in [6, 6.07) is 15.9. The molecule has 0 bridgehead atoms. The molecule has 1 aliphatic rings. The number of benzene rings is 2. The Morgan fingerprint density at radius 2 is 1.94 bits per heavy atom. The third-order valence-corrected chi connectivity index (χ3v) is 5.43. The molecule has 7 nitrogen and oxygen atoms in total. The average molecular weight is 426 g/mol. The third kappa shape index (κ3) is 4.46. The molecule has 0 amide bonds. The quantitative estimate of drug-likeness (QED) is 0.403. The van der Waals surface area contributed by atoms with Gasteiger partial charge in [-0.25, -0.2) is 9.97 Å². The number of allylic oxidation sites excluding steroid dienone is 1. The number of hydrogen-bond donors (Lipinski definition) is 4. The molecule has 0 fully saturated rings. The van der Waals surface area contributed by atoms with Crippen LogP contribution in [0.25, 0.3) is 17.0 Å². The Balaban J connectivity index is 1.50. The molecular formula is C25H27N7. The van der Waals surface area contributed by atoms with E-state index in [2.05, 4.69) is 52.2 Å². The van der Waals surface area contributed by atoms with Crippen molar-refractivity contribution in [1.29, 1.82) is 5.41 Å². The Morgan fingerprint density at radius 3 is 2.66 bits per heavy atom. The van der Waals surface area contributed by atoms with E-state index in [1.54, 1.807) is 6.20 Å². The molecule has 1 aliphatic heterocycles. The van der Waals surface area contributed by atoms with Crippen LogP contribution in [0.4, 0.5) is 11.5 Å². The zero-order valence-electron chi connectivity index (χ0n) is 18.1. The maximum atomic E-state index is 7.42. The predicted molar refractivity (Wildman–Crippen MR) is 130 cm³/mol. The number of aromatic nitrogens is 2. The molecule has 0 saturated heterocycles. The highest BCUT2D eigenvalue weighted by Crippen LogP contribution is 2.29. The van der Waals surface area contributed by atoms with E-state index in [4.69, 9.17) is 16.1 Å². The Labute approximate surface area is 188 Å². The summed E-state index contributed by atoms with van der Waals surface area (Å²) < 4.78 is 0. The summed E-state index contributed by atoms with van der Waals surface area (Å²) in [6.07, 6.45) is 4.43. The molecule has 162 valence electrons. The fourth-order valence-corrected chi connectivity index (χ4v) is 3.73.